The Labute approximate surface area is 93.0 Å². The van der Waals surface area contributed by atoms with Gasteiger partial charge in [-0.1, -0.05) is 19.3 Å². The van der Waals surface area contributed by atoms with E-state index in [1.54, 1.807) is 0 Å². The quantitative estimate of drug-likeness (QED) is 0.552. The Kier molecular flexibility index (Phi) is 2.73. The molecule has 0 aromatic rings. The number of nitrogens with two attached hydrogens (primary N) is 1. The summed E-state index contributed by atoms with van der Waals surface area (Å²) in [6, 6.07) is 0.637. The van der Waals surface area contributed by atoms with Crippen LogP contribution in [0.3, 0.4) is 0 Å². The first-order valence-electron chi connectivity index (χ1n) is 6.84. The predicted octanol–water partition coefficient (Wildman–Crippen LogP) is 2.44. The molecule has 2 nitrogen and oxygen atoms in total. The molecule has 2 heteroatoms. The average Bonchev–Trinajstić information content (AvgIpc) is 2.89. The average molecular weight is 208 g/mol. The van der Waals surface area contributed by atoms with Crippen LogP contribution in [-0.2, 0) is 0 Å². The largest absolute Gasteiger partial charge is 0.271 e. The Bertz CT molecular complexity index is 211. The van der Waals surface area contributed by atoms with Crippen molar-refractivity contribution in [2.24, 2.45) is 29.5 Å². The van der Waals surface area contributed by atoms with Crippen molar-refractivity contribution in [3.8, 4) is 0 Å². The van der Waals surface area contributed by atoms with Gasteiger partial charge in [0, 0.05) is 6.04 Å². The molecule has 0 amide bonds. The first kappa shape index (κ1) is 10.1. The normalized spacial score (nSPS) is 42.6. The first-order valence-corrected chi connectivity index (χ1v) is 6.84. The van der Waals surface area contributed by atoms with E-state index in [4.69, 9.17) is 5.84 Å². The van der Waals surface area contributed by atoms with Gasteiger partial charge in [0.05, 0.1) is 0 Å². The molecule has 15 heavy (non-hydrogen) atoms. The highest BCUT2D eigenvalue weighted by Crippen LogP contribution is 2.56. The van der Waals surface area contributed by atoms with Crippen LogP contribution in [0, 0.1) is 23.7 Å². The zero-order chi connectivity index (χ0) is 10.3. The summed E-state index contributed by atoms with van der Waals surface area (Å²) in [6.45, 7) is 0. The van der Waals surface area contributed by atoms with Crippen LogP contribution >= 0.6 is 0 Å². The number of rotatable bonds is 3. The molecule has 3 saturated carbocycles. The Balaban J connectivity index is 1.59. The van der Waals surface area contributed by atoms with Crippen LogP contribution in [0.1, 0.15) is 51.4 Å². The lowest BCUT2D eigenvalue weighted by molar-refractivity contribution is 0.200. The second-order valence-corrected chi connectivity index (χ2v) is 6.08. The lowest BCUT2D eigenvalue weighted by Crippen LogP contribution is -2.46. The molecule has 0 bridgehead atoms. The molecule has 86 valence electrons. The second-order valence-electron chi connectivity index (χ2n) is 6.08. The molecule has 0 aromatic carbocycles. The van der Waals surface area contributed by atoms with Gasteiger partial charge in [-0.2, -0.15) is 0 Å². The predicted molar refractivity (Wildman–Crippen MR) is 62.0 cm³/mol. The fraction of sp³-hybridized carbons (Fsp3) is 1.00. The number of fused-ring (bicyclic) bond motifs is 1. The van der Waals surface area contributed by atoms with Gasteiger partial charge in [0.1, 0.15) is 0 Å². The van der Waals surface area contributed by atoms with Crippen LogP contribution < -0.4 is 11.3 Å². The molecule has 3 aliphatic rings. The third-order valence-electron chi connectivity index (χ3n) is 5.14. The van der Waals surface area contributed by atoms with E-state index >= 15 is 0 Å². The van der Waals surface area contributed by atoms with Crippen molar-refractivity contribution in [3.05, 3.63) is 0 Å². The molecule has 3 N–H and O–H groups in total. The maximum atomic E-state index is 5.79. The maximum Gasteiger partial charge on any atom is 0.0267 e. The number of hydrazine groups is 1. The standard InChI is InChI=1S/C13H24N2/c14-15-13(9-4-2-1-3-5-9)12-7-10-6-11(10)8-12/h9-13,15H,1-8,14H2. The van der Waals surface area contributed by atoms with E-state index in [0.717, 1.165) is 23.7 Å². The molecule has 0 saturated heterocycles. The van der Waals surface area contributed by atoms with E-state index in [-0.39, 0.29) is 0 Å². The molecule has 3 rings (SSSR count). The minimum atomic E-state index is 0.637. The number of nitrogens with one attached hydrogen (secondary N) is 1. The molecule has 0 aliphatic heterocycles. The van der Waals surface area contributed by atoms with Gasteiger partial charge >= 0.3 is 0 Å². The minimum Gasteiger partial charge on any atom is -0.271 e. The second kappa shape index (κ2) is 4.06. The van der Waals surface area contributed by atoms with Crippen molar-refractivity contribution in [3.63, 3.8) is 0 Å². The highest BCUT2D eigenvalue weighted by atomic mass is 15.2. The Morgan fingerprint density at radius 3 is 2.13 bits per heavy atom. The zero-order valence-electron chi connectivity index (χ0n) is 9.62. The summed E-state index contributed by atoms with van der Waals surface area (Å²) in [5.74, 6) is 9.76. The monoisotopic (exact) mass is 208 g/mol. The number of hydrogen-bond donors (Lipinski definition) is 2. The molecule has 0 radical (unpaired) electrons. The third-order valence-corrected chi connectivity index (χ3v) is 5.14. The van der Waals surface area contributed by atoms with Crippen molar-refractivity contribution in [2.45, 2.75) is 57.4 Å². The molecule has 0 spiro atoms. The minimum absolute atomic E-state index is 0.637. The smallest absolute Gasteiger partial charge is 0.0267 e. The maximum absolute atomic E-state index is 5.79. The Hall–Kier alpha value is -0.0800. The van der Waals surface area contributed by atoms with Crippen molar-refractivity contribution < 1.29 is 0 Å². The van der Waals surface area contributed by atoms with Gasteiger partial charge in [-0.15, -0.1) is 0 Å². The Morgan fingerprint density at radius 1 is 0.867 bits per heavy atom. The lowest BCUT2D eigenvalue weighted by atomic mass is 9.77. The van der Waals surface area contributed by atoms with E-state index in [2.05, 4.69) is 5.43 Å². The van der Waals surface area contributed by atoms with Crippen LogP contribution in [0.2, 0.25) is 0 Å². The highest BCUT2D eigenvalue weighted by Gasteiger charge is 2.48. The van der Waals surface area contributed by atoms with Gasteiger partial charge in [0.15, 0.2) is 0 Å². The van der Waals surface area contributed by atoms with E-state index < -0.39 is 0 Å². The van der Waals surface area contributed by atoms with Crippen LogP contribution in [0.15, 0.2) is 0 Å². The van der Waals surface area contributed by atoms with Gasteiger partial charge in [-0.25, -0.2) is 0 Å². The van der Waals surface area contributed by atoms with Crippen LogP contribution in [0.4, 0.5) is 0 Å². The molecular formula is C13H24N2. The fourth-order valence-electron chi connectivity index (χ4n) is 4.21. The fourth-order valence-corrected chi connectivity index (χ4v) is 4.21. The van der Waals surface area contributed by atoms with Crippen molar-refractivity contribution >= 4 is 0 Å². The van der Waals surface area contributed by atoms with Crippen molar-refractivity contribution in [1.82, 2.24) is 5.43 Å². The molecule has 0 aromatic heterocycles. The zero-order valence-corrected chi connectivity index (χ0v) is 9.62. The SMILES string of the molecule is NNC(C1CCCCC1)C1CC2CC2C1. The van der Waals surface area contributed by atoms with Gasteiger partial charge < -0.3 is 0 Å². The van der Waals surface area contributed by atoms with Crippen LogP contribution in [-0.4, -0.2) is 6.04 Å². The van der Waals surface area contributed by atoms with Crippen molar-refractivity contribution in [2.75, 3.05) is 0 Å². The van der Waals surface area contributed by atoms with Crippen molar-refractivity contribution in [1.29, 1.82) is 0 Å². The molecule has 3 fully saturated rings. The summed E-state index contributed by atoms with van der Waals surface area (Å²) in [4.78, 5) is 0. The Morgan fingerprint density at radius 2 is 1.53 bits per heavy atom. The van der Waals surface area contributed by atoms with E-state index in [9.17, 15) is 0 Å². The summed E-state index contributed by atoms with van der Waals surface area (Å²) >= 11 is 0. The van der Waals surface area contributed by atoms with Gasteiger partial charge in [0.2, 0.25) is 0 Å². The number of hydrogen-bond acceptors (Lipinski definition) is 2. The summed E-state index contributed by atoms with van der Waals surface area (Å²) in [5.41, 5.74) is 3.15. The third kappa shape index (κ3) is 1.94. The summed E-state index contributed by atoms with van der Waals surface area (Å²) in [6.07, 6.45) is 11.6. The van der Waals surface area contributed by atoms with Crippen LogP contribution in [0.5, 0.6) is 0 Å². The molecule has 0 heterocycles. The summed E-state index contributed by atoms with van der Waals surface area (Å²) in [5, 5.41) is 0. The van der Waals surface area contributed by atoms with E-state index in [0.29, 0.717) is 6.04 Å². The van der Waals surface area contributed by atoms with Gasteiger partial charge in [-0.3, -0.25) is 11.3 Å². The molecular weight excluding hydrogens is 184 g/mol. The first-order chi connectivity index (χ1) is 7.38. The lowest BCUT2D eigenvalue weighted by Gasteiger charge is -2.34. The van der Waals surface area contributed by atoms with Crippen LogP contribution in [0.25, 0.3) is 0 Å². The molecule has 3 unspecified atom stereocenters. The highest BCUT2D eigenvalue weighted by molar-refractivity contribution is 5.00. The molecule has 3 atom stereocenters. The molecule has 3 aliphatic carbocycles. The van der Waals surface area contributed by atoms with Gasteiger partial charge in [0.25, 0.3) is 0 Å². The summed E-state index contributed by atoms with van der Waals surface area (Å²) < 4.78 is 0. The van der Waals surface area contributed by atoms with Gasteiger partial charge in [-0.05, 0) is 55.8 Å². The van der Waals surface area contributed by atoms with E-state index in [1.807, 2.05) is 0 Å². The van der Waals surface area contributed by atoms with E-state index in [1.165, 1.54) is 51.4 Å². The topological polar surface area (TPSA) is 38.0 Å². The summed E-state index contributed by atoms with van der Waals surface area (Å²) in [7, 11) is 0.